The van der Waals surface area contributed by atoms with Crippen LogP contribution in [0.2, 0.25) is 0 Å². The van der Waals surface area contributed by atoms with Gasteiger partial charge < -0.3 is 9.64 Å². The van der Waals surface area contributed by atoms with Crippen molar-refractivity contribution in [1.29, 1.82) is 0 Å². The predicted octanol–water partition coefficient (Wildman–Crippen LogP) is 4.11. The number of carbonyl (C=O) groups is 2. The number of ketones is 1. The van der Waals surface area contributed by atoms with Crippen LogP contribution in [0.4, 0.5) is 5.82 Å². The Morgan fingerprint density at radius 2 is 1.59 bits per heavy atom. The van der Waals surface area contributed by atoms with Crippen molar-refractivity contribution in [3.63, 3.8) is 0 Å². The van der Waals surface area contributed by atoms with Crippen molar-refractivity contribution in [2.24, 2.45) is 0 Å². The number of piperidine rings is 1. The second-order valence-corrected chi connectivity index (χ2v) is 8.36. The molecule has 3 heterocycles. The number of esters is 1. The molecule has 0 saturated carbocycles. The highest BCUT2D eigenvalue weighted by atomic mass is 16.5. The van der Waals surface area contributed by atoms with Gasteiger partial charge in [0.05, 0.1) is 18.4 Å². The Bertz CT molecular complexity index is 1370. The molecule has 2 aromatic heterocycles. The van der Waals surface area contributed by atoms with Crippen LogP contribution in [0.5, 0.6) is 0 Å². The van der Waals surface area contributed by atoms with Crippen LogP contribution in [0.3, 0.4) is 0 Å². The van der Waals surface area contributed by atoms with Crippen molar-refractivity contribution in [3.8, 4) is 22.5 Å². The van der Waals surface area contributed by atoms with Gasteiger partial charge in [0.2, 0.25) is 0 Å². The summed E-state index contributed by atoms with van der Waals surface area (Å²) < 4.78 is 6.32. The lowest BCUT2D eigenvalue weighted by Gasteiger charge is -2.30. The van der Waals surface area contributed by atoms with Gasteiger partial charge in [-0.15, -0.1) is 5.10 Å². The van der Waals surface area contributed by atoms with Crippen LogP contribution in [0.25, 0.3) is 28.3 Å². The lowest BCUT2D eigenvalue weighted by Crippen LogP contribution is -2.34. The lowest BCUT2D eigenvalue weighted by molar-refractivity contribution is -0.135. The van der Waals surface area contributed by atoms with E-state index in [1.807, 2.05) is 42.5 Å². The number of hydrogen-bond acceptors (Lipinski definition) is 7. The van der Waals surface area contributed by atoms with Gasteiger partial charge in [0, 0.05) is 18.7 Å². The number of benzene rings is 2. The van der Waals surface area contributed by atoms with Crippen molar-refractivity contribution in [2.75, 3.05) is 25.1 Å². The molecule has 0 radical (unpaired) electrons. The zero-order valence-electron chi connectivity index (χ0n) is 19.2. The summed E-state index contributed by atoms with van der Waals surface area (Å²) in [5, 5.41) is 4.76. The third-order valence-electron chi connectivity index (χ3n) is 6.13. The van der Waals surface area contributed by atoms with E-state index in [-0.39, 0.29) is 5.56 Å². The van der Waals surface area contributed by atoms with Crippen LogP contribution in [-0.2, 0) is 9.53 Å². The highest BCUT2D eigenvalue weighted by molar-refractivity contribution is 6.42. The number of methoxy groups -OCH3 is 1. The molecular weight excluding hydrogens is 430 g/mol. The van der Waals surface area contributed by atoms with Crippen LogP contribution in [0.15, 0.2) is 54.6 Å². The molecule has 1 fully saturated rings. The van der Waals surface area contributed by atoms with Gasteiger partial charge in [0.25, 0.3) is 11.6 Å². The normalized spacial score (nSPS) is 13.8. The zero-order chi connectivity index (χ0) is 23.7. The van der Waals surface area contributed by atoms with Gasteiger partial charge in [0.15, 0.2) is 5.82 Å². The van der Waals surface area contributed by atoms with Crippen LogP contribution >= 0.6 is 0 Å². The third-order valence-corrected chi connectivity index (χ3v) is 6.13. The molecule has 8 nitrogen and oxygen atoms in total. The Morgan fingerprint density at radius 1 is 0.882 bits per heavy atom. The first-order valence-electron chi connectivity index (χ1n) is 11.4. The van der Waals surface area contributed by atoms with Gasteiger partial charge in [-0.1, -0.05) is 48.5 Å². The first-order valence-corrected chi connectivity index (χ1v) is 11.4. The third kappa shape index (κ3) is 3.91. The molecule has 172 valence electrons. The van der Waals surface area contributed by atoms with Crippen LogP contribution in [-0.4, -0.2) is 51.5 Å². The summed E-state index contributed by atoms with van der Waals surface area (Å²) in [6, 6.07) is 18.1. The number of anilines is 1. The molecule has 0 aliphatic carbocycles. The number of nitrogens with zero attached hydrogens (tertiary/aromatic N) is 5. The molecule has 0 bridgehead atoms. The van der Waals surface area contributed by atoms with Crippen LogP contribution in [0.1, 0.15) is 35.3 Å². The molecule has 2 aromatic carbocycles. The Hall–Kier alpha value is -4.07. The summed E-state index contributed by atoms with van der Waals surface area (Å²) in [4.78, 5) is 36.5. The van der Waals surface area contributed by atoms with Gasteiger partial charge in [-0.25, -0.2) is 9.78 Å². The zero-order valence-corrected chi connectivity index (χ0v) is 19.2. The second-order valence-electron chi connectivity index (χ2n) is 8.36. The minimum Gasteiger partial charge on any atom is -0.463 e. The highest BCUT2D eigenvalue weighted by Gasteiger charge is 2.30. The maximum absolute atomic E-state index is 13.0. The van der Waals surface area contributed by atoms with E-state index in [1.165, 1.54) is 7.11 Å². The van der Waals surface area contributed by atoms with Crippen LogP contribution < -0.4 is 4.90 Å². The minimum absolute atomic E-state index is 0.218. The molecular formula is C26H25N5O3. The van der Waals surface area contributed by atoms with Gasteiger partial charge >= 0.3 is 5.97 Å². The van der Waals surface area contributed by atoms with Crippen molar-refractivity contribution < 1.29 is 14.3 Å². The SMILES string of the molecule is COC(=O)C(=O)c1c(C)nc2nc(-c3cccc(-c4ccccc4)c3)nn2c1N1CCCCC1. The van der Waals surface area contributed by atoms with Gasteiger partial charge in [-0.2, -0.15) is 9.50 Å². The fraction of sp³-hybridized carbons (Fsp3) is 0.269. The van der Waals surface area contributed by atoms with Gasteiger partial charge in [-0.3, -0.25) is 4.79 Å². The molecule has 0 unspecified atom stereocenters. The number of hydrogen-bond donors (Lipinski definition) is 0. The molecule has 0 atom stereocenters. The lowest BCUT2D eigenvalue weighted by atomic mass is 10.0. The van der Waals surface area contributed by atoms with Crippen LogP contribution in [0, 0.1) is 6.92 Å². The maximum Gasteiger partial charge on any atom is 0.379 e. The first kappa shape index (κ1) is 21.8. The van der Waals surface area contributed by atoms with E-state index in [1.54, 1.807) is 11.4 Å². The molecule has 34 heavy (non-hydrogen) atoms. The summed E-state index contributed by atoms with van der Waals surface area (Å²) in [6.07, 6.45) is 3.11. The fourth-order valence-electron chi connectivity index (χ4n) is 4.44. The molecule has 4 aromatic rings. The largest absolute Gasteiger partial charge is 0.463 e. The number of aryl methyl sites for hydroxylation is 1. The summed E-state index contributed by atoms with van der Waals surface area (Å²) >= 11 is 0. The van der Waals surface area contributed by atoms with Crippen molar-refractivity contribution in [3.05, 3.63) is 65.9 Å². The first-order chi connectivity index (χ1) is 16.6. The molecule has 0 N–H and O–H groups in total. The Balaban J connectivity index is 1.67. The molecule has 0 spiro atoms. The molecule has 5 rings (SSSR count). The van der Waals surface area contributed by atoms with E-state index < -0.39 is 11.8 Å². The van der Waals surface area contributed by atoms with Gasteiger partial charge in [0.1, 0.15) is 5.82 Å². The summed E-state index contributed by atoms with van der Waals surface area (Å²) in [7, 11) is 1.20. The maximum atomic E-state index is 13.0. The average molecular weight is 456 g/mol. The van der Waals surface area contributed by atoms with E-state index in [9.17, 15) is 9.59 Å². The predicted molar refractivity (Wildman–Crippen MR) is 129 cm³/mol. The summed E-state index contributed by atoms with van der Waals surface area (Å²) in [5.41, 5.74) is 3.65. The van der Waals surface area contributed by atoms with Crippen molar-refractivity contribution in [2.45, 2.75) is 26.2 Å². The standard InChI is InChI=1S/C26H25N5O3/c1-17-21(22(32)25(33)34-2)24(30-14-7-4-8-15-30)31-26(27-17)28-23(29-31)20-13-9-12-19(16-20)18-10-5-3-6-11-18/h3,5-6,9-13,16H,4,7-8,14-15H2,1-2H3. The number of fused-ring (bicyclic) bond motifs is 1. The number of Topliss-reactive ketones (excluding diaryl/α,β-unsaturated/α-hetero) is 1. The van der Waals surface area contributed by atoms with E-state index in [0.717, 1.165) is 49.0 Å². The number of ether oxygens (including phenoxy) is 1. The monoisotopic (exact) mass is 455 g/mol. The Labute approximate surface area is 197 Å². The topological polar surface area (TPSA) is 89.7 Å². The van der Waals surface area contributed by atoms with E-state index in [0.29, 0.717) is 23.1 Å². The Kier molecular flexibility index (Phi) is 5.79. The molecule has 1 saturated heterocycles. The number of rotatable bonds is 5. The fourth-order valence-corrected chi connectivity index (χ4v) is 4.44. The second kappa shape index (κ2) is 9.05. The van der Waals surface area contributed by atoms with Gasteiger partial charge in [-0.05, 0) is 43.4 Å². The smallest absolute Gasteiger partial charge is 0.379 e. The van der Waals surface area contributed by atoms with Crippen molar-refractivity contribution >= 4 is 23.3 Å². The van der Waals surface area contributed by atoms with E-state index in [4.69, 9.17) is 9.84 Å². The minimum atomic E-state index is -0.918. The summed E-state index contributed by atoms with van der Waals surface area (Å²) in [6.45, 7) is 3.24. The average Bonchev–Trinajstić information content (AvgIpc) is 3.31. The van der Waals surface area contributed by atoms with E-state index in [2.05, 4.69) is 27.0 Å². The number of aromatic nitrogens is 4. The highest BCUT2D eigenvalue weighted by Crippen LogP contribution is 2.30. The molecule has 1 aliphatic rings. The van der Waals surface area contributed by atoms with E-state index >= 15 is 0 Å². The summed E-state index contributed by atoms with van der Waals surface area (Å²) in [5.74, 6) is -0.197. The van der Waals surface area contributed by atoms with Crippen molar-refractivity contribution in [1.82, 2.24) is 19.6 Å². The quantitative estimate of drug-likeness (QED) is 0.254. The number of carbonyl (C=O) groups excluding carboxylic acids is 2. The molecule has 0 amide bonds. The molecule has 1 aliphatic heterocycles. The Morgan fingerprint density at radius 3 is 2.32 bits per heavy atom. The molecule has 8 heteroatoms.